The lowest BCUT2D eigenvalue weighted by Crippen LogP contribution is -2.54. The number of hydrogen-bond acceptors (Lipinski definition) is 5. The Morgan fingerprint density at radius 1 is 0.971 bits per heavy atom. The van der Waals surface area contributed by atoms with Gasteiger partial charge in [0.2, 0.25) is 0 Å². The normalized spacial score (nSPS) is 14.7. The molecule has 1 saturated heterocycles. The molecule has 8 nitrogen and oxygen atoms in total. The lowest BCUT2D eigenvalue weighted by molar-refractivity contribution is -0.122. The Balaban J connectivity index is 1.51. The van der Waals surface area contributed by atoms with E-state index < -0.39 is 23.8 Å². The van der Waals surface area contributed by atoms with Crippen LogP contribution in [0.1, 0.15) is 32.6 Å². The minimum Gasteiger partial charge on any atom is -0.489 e. The Morgan fingerprint density at radius 3 is 2.31 bits per heavy atom. The number of nitrogens with one attached hydrogen (secondary N) is 1. The third-order valence-corrected chi connectivity index (χ3v) is 5.34. The smallest absolute Gasteiger partial charge is 0.335 e. The van der Waals surface area contributed by atoms with Gasteiger partial charge in [-0.15, -0.1) is 0 Å². The largest absolute Gasteiger partial charge is 0.489 e. The van der Waals surface area contributed by atoms with E-state index in [-0.39, 0.29) is 17.7 Å². The molecule has 1 fully saturated rings. The number of rotatable bonds is 6. The van der Waals surface area contributed by atoms with Crippen molar-refractivity contribution in [2.24, 2.45) is 0 Å². The molecule has 4 amide bonds. The Bertz CT molecular complexity index is 1350. The lowest BCUT2D eigenvalue weighted by atomic mass is 10.1. The molecule has 176 valence electrons. The maximum absolute atomic E-state index is 13.1. The number of imide groups is 2. The number of nitrogens with zero attached hydrogens (tertiary/aromatic N) is 1. The molecule has 0 unspecified atom stereocenters. The van der Waals surface area contributed by atoms with Gasteiger partial charge in [0.25, 0.3) is 11.8 Å². The molecule has 0 bridgehead atoms. The number of aryl methyl sites for hydroxylation is 2. The summed E-state index contributed by atoms with van der Waals surface area (Å²) in [5, 5.41) is 11.3. The first-order chi connectivity index (χ1) is 16.7. The highest BCUT2D eigenvalue weighted by atomic mass is 16.5. The molecule has 1 heterocycles. The third-order valence-electron chi connectivity index (χ3n) is 5.34. The van der Waals surface area contributed by atoms with Gasteiger partial charge in [-0.05, 0) is 78.6 Å². The van der Waals surface area contributed by atoms with Crippen LogP contribution in [-0.4, -0.2) is 28.9 Å². The number of ether oxygens (including phenoxy) is 1. The number of carbonyl (C=O) groups excluding carboxylic acids is 3. The quantitative estimate of drug-likeness (QED) is 0.411. The van der Waals surface area contributed by atoms with Crippen molar-refractivity contribution in [1.29, 1.82) is 0 Å². The van der Waals surface area contributed by atoms with Gasteiger partial charge in [0.05, 0.1) is 11.3 Å². The van der Waals surface area contributed by atoms with E-state index in [2.05, 4.69) is 5.32 Å². The predicted octanol–water partition coefficient (Wildman–Crippen LogP) is 4.25. The van der Waals surface area contributed by atoms with Crippen molar-refractivity contribution in [2.75, 3.05) is 4.90 Å². The number of hydrogen-bond donors (Lipinski definition) is 2. The van der Waals surface area contributed by atoms with Crippen LogP contribution < -0.4 is 15.0 Å². The van der Waals surface area contributed by atoms with E-state index in [1.54, 1.807) is 48.5 Å². The van der Waals surface area contributed by atoms with E-state index in [1.807, 2.05) is 19.9 Å². The standard InChI is InChI=1S/C27H22N2O6/c1-16-10-17(2)12-21(11-16)29-25(31)23(24(30)28-27(29)34)14-18-6-8-22(9-7-18)35-15-19-4-3-5-20(13-19)26(32)33/h3-14H,15H2,1-2H3,(H,32,33)(H,28,30,34)/b23-14+. The average Bonchev–Trinajstić information content (AvgIpc) is 2.80. The zero-order chi connectivity index (χ0) is 25.1. The van der Waals surface area contributed by atoms with Gasteiger partial charge in [0.15, 0.2) is 0 Å². The van der Waals surface area contributed by atoms with Crippen molar-refractivity contribution < 1.29 is 29.0 Å². The molecule has 0 aliphatic carbocycles. The van der Waals surface area contributed by atoms with Crippen molar-refractivity contribution in [3.63, 3.8) is 0 Å². The minimum atomic E-state index is -1.01. The zero-order valence-electron chi connectivity index (χ0n) is 19.1. The molecule has 0 radical (unpaired) electrons. The second-order valence-corrected chi connectivity index (χ2v) is 8.17. The molecular weight excluding hydrogens is 448 g/mol. The topological polar surface area (TPSA) is 113 Å². The zero-order valence-corrected chi connectivity index (χ0v) is 19.1. The number of carbonyl (C=O) groups is 4. The molecular formula is C27H22N2O6. The molecule has 0 atom stereocenters. The van der Waals surface area contributed by atoms with E-state index >= 15 is 0 Å². The van der Waals surface area contributed by atoms with Crippen LogP contribution in [0.4, 0.5) is 10.5 Å². The summed E-state index contributed by atoms with van der Waals surface area (Å²) in [7, 11) is 0. The molecule has 0 saturated carbocycles. The van der Waals surface area contributed by atoms with Crippen molar-refractivity contribution >= 4 is 35.6 Å². The summed E-state index contributed by atoms with van der Waals surface area (Å²) in [4.78, 5) is 50.0. The second-order valence-electron chi connectivity index (χ2n) is 8.17. The number of amides is 4. The second kappa shape index (κ2) is 9.64. The summed E-state index contributed by atoms with van der Waals surface area (Å²) in [6.07, 6.45) is 1.42. The van der Waals surface area contributed by atoms with Gasteiger partial charge in [-0.2, -0.15) is 0 Å². The highest BCUT2D eigenvalue weighted by Gasteiger charge is 2.36. The molecule has 1 aliphatic heterocycles. The summed E-state index contributed by atoms with van der Waals surface area (Å²) in [6, 6.07) is 17.7. The number of urea groups is 1. The first-order valence-corrected chi connectivity index (χ1v) is 10.8. The molecule has 35 heavy (non-hydrogen) atoms. The molecule has 4 rings (SSSR count). The van der Waals surface area contributed by atoms with E-state index in [0.29, 0.717) is 22.6 Å². The number of benzene rings is 3. The van der Waals surface area contributed by atoms with Gasteiger partial charge in [-0.1, -0.05) is 30.3 Å². The SMILES string of the molecule is Cc1cc(C)cc(N2C(=O)NC(=O)/C(=C\c3ccc(OCc4cccc(C(=O)O)c4)cc3)C2=O)c1. The fraction of sp³-hybridized carbons (Fsp3) is 0.111. The van der Waals surface area contributed by atoms with Crippen LogP contribution in [-0.2, 0) is 16.2 Å². The number of anilines is 1. The van der Waals surface area contributed by atoms with Crippen LogP contribution in [0.2, 0.25) is 0 Å². The third kappa shape index (κ3) is 5.27. The fourth-order valence-electron chi connectivity index (χ4n) is 3.76. The Labute approximate surface area is 201 Å². The number of carboxylic acid groups (broad SMARTS) is 1. The number of carboxylic acids is 1. The monoisotopic (exact) mass is 470 g/mol. The Hall–Kier alpha value is -4.72. The van der Waals surface area contributed by atoms with E-state index in [4.69, 9.17) is 9.84 Å². The summed E-state index contributed by atoms with van der Waals surface area (Å²) >= 11 is 0. The van der Waals surface area contributed by atoms with Crippen molar-refractivity contribution in [2.45, 2.75) is 20.5 Å². The summed E-state index contributed by atoms with van der Waals surface area (Å²) in [5.41, 5.74) is 3.44. The van der Waals surface area contributed by atoms with Crippen molar-refractivity contribution in [3.8, 4) is 5.75 Å². The van der Waals surface area contributed by atoms with Crippen LogP contribution in [0, 0.1) is 13.8 Å². The van der Waals surface area contributed by atoms with Crippen molar-refractivity contribution in [1.82, 2.24) is 5.32 Å². The molecule has 3 aromatic rings. The van der Waals surface area contributed by atoms with Gasteiger partial charge in [0, 0.05) is 0 Å². The first kappa shape index (κ1) is 23.4. The molecule has 0 aromatic heterocycles. The maximum Gasteiger partial charge on any atom is 0.335 e. The Kier molecular flexibility index (Phi) is 6.46. The van der Waals surface area contributed by atoms with Crippen LogP contribution in [0.3, 0.4) is 0 Å². The molecule has 1 aliphatic rings. The van der Waals surface area contributed by atoms with Gasteiger partial charge < -0.3 is 9.84 Å². The molecule has 2 N–H and O–H groups in total. The highest BCUT2D eigenvalue weighted by Crippen LogP contribution is 2.25. The van der Waals surface area contributed by atoms with Crippen molar-refractivity contribution in [3.05, 3.63) is 100 Å². The summed E-state index contributed by atoms with van der Waals surface area (Å²) in [6.45, 7) is 3.89. The summed E-state index contributed by atoms with van der Waals surface area (Å²) in [5.74, 6) is -1.95. The number of barbiturate groups is 1. The fourth-order valence-corrected chi connectivity index (χ4v) is 3.76. The highest BCUT2D eigenvalue weighted by molar-refractivity contribution is 6.39. The minimum absolute atomic E-state index is 0.164. The van der Waals surface area contributed by atoms with Crippen LogP contribution in [0.15, 0.2) is 72.3 Å². The molecule has 3 aromatic carbocycles. The van der Waals surface area contributed by atoms with Gasteiger partial charge in [0.1, 0.15) is 17.9 Å². The van der Waals surface area contributed by atoms with E-state index in [0.717, 1.165) is 16.0 Å². The average molecular weight is 470 g/mol. The Morgan fingerprint density at radius 2 is 1.66 bits per heavy atom. The number of aromatic carboxylic acids is 1. The van der Waals surface area contributed by atoms with Crippen LogP contribution in [0.25, 0.3) is 6.08 Å². The van der Waals surface area contributed by atoms with Crippen LogP contribution in [0.5, 0.6) is 5.75 Å². The summed E-state index contributed by atoms with van der Waals surface area (Å²) < 4.78 is 5.71. The first-order valence-electron chi connectivity index (χ1n) is 10.8. The van der Waals surface area contributed by atoms with E-state index in [9.17, 15) is 19.2 Å². The molecule has 0 spiro atoms. The van der Waals surface area contributed by atoms with Gasteiger partial charge in [-0.3, -0.25) is 14.9 Å². The molecule has 8 heteroatoms. The van der Waals surface area contributed by atoms with E-state index in [1.165, 1.54) is 18.2 Å². The van der Waals surface area contributed by atoms with Gasteiger partial charge in [-0.25, -0.2) is 14.5 Å². The lowest BCUT2D eigenvalue weighted by Gasteiger charge is -2.27. The van der Waals surface area contributed by atoms with Gasteiger partial charge >= 0.3 is 12.0 Å². The predicted molar refractivity (Wildman–Crippen MR) is 129 cm³/mol. The van der Waals surface area contributed by atoms with Crippen LogP contribution >= 0.6 is 0 Å². The maximum atomic E-state index is 13.1.